The highest BCUT2D eigenvalue weighted by molar-refractivity contribution is 8.26. The second-order valence-corrected chi connectivity index (χ2v) is 4.33. The molecular weight excluding hydrogens is 216 g/mol. The van der Waals surface area contributed by atoms with Crippen molar-refractivity contribution >= 4 is 40.3 Å². The zero-order chi connectivity index (χ0) is 9.97. The Balaban J connectivity index is 2.28. The van der Waals surface area contributed by atoms with Crippen LogP contribution in [0.4, 0.5) is 0 Å². The number of hydrogen-bond donors (Lipinski definition) is 1. The van der Waals surface area contributed by atoms with Crippen molar-refractivity contribution in [2.45, 2.75) is 0 Å². The minimum Gasteiger partial charge on any atom is -0.307 e. The first-order valence-corrected chi connectivity index (χ1v) is 5.14. The number of thioether (sulfide) groups is 1. The largest absolute Gasteiger partial charge is 0.307 e. The minimum absolute atomic E-state index is 0.148. The van der Waals surface area contributed by atoms with Gasteiger partial charge in [-0.15, -0.1) is 0 Å². The molecule has 0 unspecified atom stereocenters. The van der Waals surface area contributed by atoms with E-state index >= 15 is 0 Å². The molecule has 70 valence electrons. The van der Waals surface area contributed by atoms with Gasteiger partial charge in [-0.3, -0.25) is 9.78 Å². The molecule has 1 saturated heterocycles. The summed E-state index contributed by atoms with van der Waals surface area (Å²) in [6.45, 7) is 0. The first-order chi connectivity index (χ1) is 6.75. The van der Waals surface area contributed by atoms with Gasteiger partial charge >= 0.3 is 0 Å². The van der Waals surface area contributed by atoms with Gasteiger partial charge in [0.25, 0.3) is 5.91 Å². The predicted octanol–water partition coefficient (Wildman–Crippen LogP) is 1.57. The van der Waals surface area contributed by atoms with Crippen molar-refractivity contribution in [2.24, 2.45) is 0 Å². The number of pyridine rings is 1. The Morgan fingerprint density at radius 1 is 1.50 bits per heavy atom. The standard InChI is InChI=1S/C9H6N2OS2/c12-8-7(14-9(13)11-8)5-6-3-1-2-4-10-6/h1-5H,(H,11,12,13). The fourth-order valence-electron chi connectivity index (χ4n) is 1.02. The Labute approximate surface area is 90.6 Å². The van der Waals surface area contributed by atoms with Gasteiger partial charge < -0.3 is 5.32 Å². The number of nitrogens with one attached hydrogen (secondary N) is 1. The average Bonchev–Trinajstić information content (AvgIpc) is 2.47. The van der Waals surface area contributed by atoms with Gasteiger partial charge in [-0.1, -0.05) is 30.0 Å². The van der Waals surface area contributed by atoms with Crippen molar-refractivity contribution in [1.82, 2.24) is 10.3 Å². The van der Waals surface area contributed by atoms with E-state index in [1.807, 2.05) is 18.2 Å². The van der Waals surface area contributed by atoms with Crippen LogP contribution in [-0.2, 0) is 4.79 Å². The Hall–Kier alpha value is -1.20. The number of nitrogens with zero attached hydrogens (tertiary/aromatic N) is 1. The van der Waals surface area contributed by atoms with E-state index in [4.69, 9.17) is 12.2 Å². The van der Waals surface area contributed by atoms with Crippen molar-refractivity contribution in [3.63, 3.8) is 0 Å². The van der Waals surface area contributed by atoms with Crippen LogP contribution in [0.1, 0.15) is 5.69 Å². The maximum atomic E-state index is 11.3. The van der Waals surface area contributed by atoms with E-state index in [-0.39, 0.29) is 5.91 Å². The third kappa shape index (κ3) is 2.00. The van der Waals surface area contributed by atoms with Gasteiger partial charge in [-0.25, -0.2) is 0 Å². The molecule has 1 amide bonds. The molecule has 1 fully saturated rings. The second kappa shape index (κ2) is 3.89. The average molecular weight is 222 g/mol. The molecule has 0 spiro atoms. The number of hydrogen-bond acceptors (Lipinski definition) is 4. The van der Waals surface area contributed by atoms with E-state index in [1.54, 1.807) is 12.3 Å². The van der Waals surface area contributed by atoms with Gasteiger partial charge in [-0.2, -0.15) is 0 Å². The smallest absolute Gasteiger partial charge is 0.263 e. The Morgan fingerprint density at radius 3 is 2.93 bits per heavy atom. The summed E-state index contributed by atoms with van der Waals surface area (Å²) in [6, 6.07) is 5.53. The first-order valence-electron chi connectivity index (χ1n) is 3.91. The maximum absolute atomic E-state index is 11.3. The van der Waals surface area contributed by atoms with E-state index < -0.39 is 0 Å². The Bertz CT molecular complexity index is 414. The lowest BCUT2D eigenvalue weighted by Crippen LogP contribution is -2.17. The number of carbonyl (C=O) groups is 1. The van der Waals surface area contributed by atoms with Gasteiger partial charge in [0, 0.05) is 6.20 Å². The highest BCUT2D eigenvalue weighted by atomic mass is 32.2. The topological polar surface area (TPSA) is 42.0 Å². The lowest BCUT2D eigenvalue weighted by molar-refractivity contribution is -0.115. The quantitative estimate of drug-likeness (QED) is 0.578. The van der Waals surface area contributed by atoms with Crippen molar-refractivity contribution in [3.8, 4) is 0 Å². The van der Waals surface area contributed by atoms with Crippen LogP contribution in [0, 0.1) is 0 Å². The second-order valence-electron chi connectivity index (χ2n) is 2.61. The third-order valence-corrected chi connectivity index (χ3v) is 2.77. The van der Waals surface area contributed by atoms with E-state index in [0.717, 1.165) is 5.69 Å². The van der Waals surface area contributed by atoms with Crippen LogP contribution in [0.15, 0.2) is 29.3 Å². The highest BCUT2D eigenvalue weighted by Gasteiger charge is 2.21. The molecule has 1 aromatic rings. The van der Waals surface area contributed by atoms with Gasteiger partial charge in [0.1, 0.15) is 4.32 Å². The molecule has 1 aliphatic rings. The number of rotatable bonds is 1. The van der Waals surface area contributed by atoms with Gasteiger partial charge in [0.05, 0.1) is 10.6 Å². The van der Waals surface area contributed by atoms with Crippen LogP contribution < -0.4 is 5.32 Å². The molecule has 1 N–H and O–H groups in total. The fourth-order valence-corrected chi connectivity index (χ4v) is 2.05. The molecule has 2 heterocycles. The van der Waals surface area contributed by atoms with Crippen molar-refractivity contribution in [3.05, 3.63) is 35.0 Å². The number of aromatic nitrogens is 1. The van der Waals surface area contributed by atoms with E-state index in [0.29, 0.717) is 9.23 Å². The summed E-state index contributed by atoms with van der Waals surface area (Å²) in [4.78, 5) is 16.0. The molecule has 5 heteroatoms. The van der Waals surface area contributed by atoms with Crippen LogP contribution in [0.5, 0.6) is 0 Å². The summed E-state index contributed by atoms with van der Waals surface area (Å²) in [5.41, 5.74) is 0.759. The number of amides is 1. The van der Waals surface area contributed by atoms with Crippen LogP contribution in [-0.4, -0.2) is 15.2 Å². The Morgan fingerprint density at radius 2 is 2.36 bits per heavy atom. The molecule has 0 atom stereocenters. The lowest BCUT2D eigenvalue weighted by Gasteiger charge is -1.92. The molecule has 0 aliphatic carbocycles. The van der Waals surface area contributed by atoms with Crippen LogP contribution in [0.2, 0.25) is 0 Å². The van der Waals surface area contributed by atoms with Crippen molar-refractivity contribution in [1.29, 1.82) is 0 Å². The summed E-state index contributed by atoms with van der Waals surface area (Å²) in [5, 5.41) is 2.55. The minimum atomic E-state index is -0.148. The summed E-state index contributed by atoms with van der Waals surface area (Å²) >= 11 is 6.12. The summed E-state index contributed by atoms with van der Waals surface area (Å²) < 4.78 is 0.497. The SMILES string of the molecule is O=C1NC(=S)SC1=Cc1ccccn1. The molecule has 3 nitrogen and oxygen atoms in total. The van der Waals surface area contributed by atoms with Crippen molar-refractivity contribution in [2.75, 3.05) is 0 Å². The maximum Gasteiger partial charge on any atom is 0.263 e. The van der Waals surface area contributed by atoms with Gasteiger partial charge in [0.2, 0.25) is 0 Å². The first kappa shape index (κ1) is 9.36. The summed E-state index contributed by atoms with van der Waals surface area (Å²) in [6.07, 6.45) is 3.40. The van der Waals surface area contributed by atoms with E-state index in [2.05, 4.69) is 10.3 Å². The van der Waals surface area contributed by atoms with E-state index in [9.17, 15) is 4.79 Å². The molecule has 14 heavy (non-hydrogen) atoms. The van der Waals surface area contributed by atoms with Crippen LogP contribution >= 0.6 is 24.0 Å². The molecule has 0 saturated carbocycles. The molecule has 1 aliphatic heterocycles. The highest BCUT2D eigenvalue weighted by Crippen LogP contribution is 2.24. The lowest BCUT2D eigenvalue weighted by atomic mass is 10.3. The zero-order valence-electron chi connectivity index (χ0n) is 7.06. The van der Waals surface area contributed by atoms with Crippen molar-refractivity contribution < 1.29 is 4.79 Å². The molecule has 2 rings (SSSR count). The van der Waals surface area contributed by atoms with E-state index in [1.165, 1.54) is 11.8 Å². The van der Waals surface area contributed by atoms with Crippen LogP contribution in [0.3, 0.4) is 0 Å². The number of carbonyl (C=O) groups excluding carboxylic acids is 1. The van der Waals surface area contributed by atoms with Crippen LogP contribution in [0.25, 0.3) is 6.08 Å². The number of thiocarbonyl (C=S) groups is 1. The molecule has 0 aromatic carbocycles. The molecule has 1 aromatic heterocycles. The molecule has 0 radical (unpaired) electrons. The van der Waals surface area contributed by atoms with Gasteiger partial charge in [-0.05, 0) is 18.2 Å². The molecule has 0 bridgehead atoms. The van der Waals surface area contributed by atoms with Gasteiger partial charge in [0.15, 0.2) is 0 Å². The zero-order valence-corrected chi connectivity index (χ0v) is 8.69. The molecular formula is C9H6N2OS2. The normalized spacial score (nSPS) is 18.7. The predicted molar refractivity (Wildman–Crippen MR) is 60.5 cm³/mol. The summed E-state index contributed by atoms with van der Waals surface area (Å²) in [5.74, 6) is -0.148. The summed E-state index contributed by atoms with van der Waals surface area (Å²) in [7, 11) is 0. The fraction of sp³-hybridized carbons (Fsp3) is 0. The third-order valence-electron chi connectivity index (χ3n) is 1.61. The Kier molecular flexibility index (Phi) is 2.60. The monoisotopic (exact) mass is 222 g/mol.